The fraction of sp³-hybridized carbons (Fsp3) is 0.308. The molecule has 0 aliphatic rings. The van der Waals surface area contributed by atoms with Gasteiger partial charge >= 0.3 is 12.2 Å². The Bertz CT molecular complexity index is 1310. The number of carbonyl (C=O) groups excluding carboxylic acids is 4. The molecule has 2 aromatic heterocycles. The van der Waals surface area contributed by atoms with E-state index >= 15 is 0 Å². The summed E-state index contributed by atoms with van der Waals surface area (Å²) in [5.74, 6) is -2.26. The van der Waals surface area contributed by atoms with Gasteiger partial charge in [-0.3, -0.25) is 19.4 Å². The number of esters is 1. The SMILES string of the molecule is CC(C)OC(=O)[C@H](CCC(=O)C=[N+]=N)NC(=O)[C@H](Cc1c[nH]c2ccccc12)NC(=O)c1ccncc1. The first kappa shape index (κ1) is 27.0. The highest BCUT2D eigenvalue weighted by atomic mass is 16.5. The quantitative estimate of drug-likeness (QED) is 0.127. The van der Waals surface area contributed by atoms with Gasteiger partial charge < -0.3 is 20.4 Å². The summed E-state index contributed by atoms with van der Waals surface area (Å²) in [6, 6.07) is 8.44. The van der Waals surface area contributed by atoms with E-state index in [9.17, 15) is 19.2 Å². The minimum atomic E-state index is -1.14. The first-order valence-corrected chi connectivity index (χ1v) is 11.8. The maximum absolute atomic E-state index is 13.4. The number of para-hydroxylation sites is 1. The number of aromatic nitrogens is 2. The summed E-state index contributed by atoms with van der Waals surface area (Å²) in [4.78, 5) is 60.9. The lowest BCUT2D eigenvalue weighted by atomic mass is 10.0. The van der Waals surface area contributed by atoms with Crippen molar-refractivity contribution in [1.82, 2.24) is 20.6 Å². The molecule has 2 amide bonds. The summed E-state index contributed by atoms with van der Waals surface area (Å²) in [6.45, 7) is 3.34. The van der Waals surface area contributed by atoms with Crippen LogP contribution in [0.15, 0.2) is 55.0 Å². The molecule has 0 fully saturated rings. The third-order valence-corrected chi connectivity index (χ3v) is 5.50. The van der Waals surface area contributed by atoms with E-state index in [1.165, 1.54) is 24.5 Å². The molecular formula is C26H29N6O5+. The number of aromatic amines is 1. The van der Waals surface area contributed by atoms with Gasteiger partial charge in [0.1, 0.15) is 12.1 Å². The number of ether oxygens (including phenoxy) is 1. The highest BCUT2D eigenvalue weighted by Gasteiger charge is 2.30. The Hall–Kier alpha value is -4.63. The molecule has 0 saturated carbocycles. The molecule has 0 radical (unpaired) electrons. The minimum absolute atomic E-state index is 0.0553. The fourth-order valence-corrected chi connectivity index (χ4v) is 3.73. The monoisotopic (exact) mass is 505 g/mol. The molecule has 37 heavy (non-hydrogen) atoms. The van der Waals surface area contributed by atoms with E-state index in [2.05, 4.69) is 25.4 Å². The first-order chi connectivity index (χ1) is 17.8. The lowest BCUT2D eigenvalue weighted by molar-refractivity contribution is -0.152. The van der Waals surface area contributed by atoms with Crippen molar-refractivity contribution in [2.45, 2.75) is 51.3 Å². The van der Waals surface area contributed by atoms with Crippen LogP contribution in [0, 0.1) is 5.53 Å². The molecule has 0 bridgehead atoms. The van der Waals surface area contributed by atoms with Crippen LogP contribution in [-0.2, 0) is 25.5 Å². The summed E-state index contributed by atoms with van der Waals surface area (Å²) < 4.78 is 5.26. The molecule has 0 aliphatic carbocycles. The summed E-state index contributed by atoms with van der Waals surface area (Å²) in [5, 5.41) is 6.29. The molecule has 1 aromatic carbocycles. The van der Waals surface area contributed by atoms with Crippen molar-refractivity contribution in [1.29, 1.82) is 5.53 Å². The van der Waals surface area contributed by atoms with Crippen molar-refractivity contribution < 1.29 is 28.7 Å². The molecule has 192 valence electrons. The number of hydrogen-bond acceptors (Lipinski definition) is 7. The van der Waals surface area contributed by atoms with Gasteiger partial charge in [0.2, 0.25) is 11.7 Å². The number of Topliss-reactive ketones (excluding diaryl/α,β-unsaturated/α-hetero) is 1. The van der Waals surface area contributed by atoms with Crippen molar-refractivity contribution in [3.05, 3.63) is 66.1 Å². The maximum Gasteiger partial charge on any atom is 0.372 e. The Morgan fingerprint density at radius 2 is 1.81 bits per heavy atom. The van der Waals surface area contributed by atoms with Gasteiger partial charge in [-0.15, -0.1) is 0 Å². The highest BCUT2D eigenvalue weighted by molar-refractivity contribution is 6.25. The number of nitrogens with one attached hydrogen (secondary N) is 4. The zero-order valence-corrected chi connectivity index (χ0v) is 20.6. The summed E-state index contributed by atoms with van der Waals surface area (Å²) in [5.41, 5.74) is 8.79. The number of H-pyrrole nitrogens is 1. The second kappa shape index (κ2) is 12.9. The van der Waals surface area contributed by atoms with Crippen LogP contribution < -0.4 is 10.6 Å². The number of hydrogen-bond donors (Lipinski definition) is 4. The standard InChI is InChI=1S/C26H28N6O5/c1-16(2)37-26(36)22(8-7-19(33)15-30-27)31-25(35)23(32-24(34)17-9-11-28-12-10-17)13-18-14-29-21-6-4-3-5-20(18)21/h3-6,9-12,14-16,22-23,27,29H,7-8,13H2,1-2H3,(H-,31,32,34,35)/p+1/t22-,23-/m0/s1. The van der Waals surface area contributed by atoms with Crippen molar-refractivity contribution in [2.75, 3.05) is 0 Å². The third kappa shape index (κ3) is 7.68. The van der Waals surface area contributed by atoms with Gasteiger partial charge in [0.05, 0.1) is 16.4 Å². The molecule has 0 spiro atoms. The Kier molecular flexibility index (Phi) is 9.40. The van der Waals surface area contributed by atoms with Gasteiger partial charge in [0, 0.05) is 47.9 Å². The maximum atomic E-state index is 13.4. The number of rotatable bonds is 12. The van der Waals surface area contributed by atoms with Crippen LogP contribution in [0.3, 0.4) is 0 Å². The van der Waals surface area contributed by atoms with Crippen molar-refractivity contribution >= 4 is 40.7 Å². The Labute approximate surface area is 213 Å². The van der Waals surface area contributed by atoms with E-state index in [1.807, 2.05) is 24.3 Å². The van der Waals surface area contributed by atoms with E-state index in [1.54, 1.807) is 20.0 Å². The van der Waals surface area contributed by atoms with E-state index in [0.717, 1.165) is 22.7 Å². The smallest absolute Gasteiger partial charge is 0.372 e. The Morgan fingerprint density at radius 3 is 2.51 bits per heavy atom. The summed E-state index contributed by atoms with van der Waals surface area (Å²) >= 11 is 0. The number of fused-ring (bicyclic) bond motifs is 1. The van der Waals surface area contributed by atoms with E-state index in [0.29, 0.717) is 5.56 Å². The average molecular weight is 506 g/mol. The second-order valence-electron chi connectivity index (χ2n) is 8.64. The van der Waals surface area contributed by atoms with Crippen LogP contribution >= 0.6 is 0 Å². The van der Waals surface area contributed by atoms with Gasteiger partial charge in [-0.05, 0) is 44.0 Å². The van der Waals surface area contributed by atoms with Gasteiger partial charge in [0.25, 0.3) is 5.91 Å². The lowest BCUT2D eigenvalue weighted by Gasteiger charge is -2.23. The topological polar surface area (TPSA) is 168 Å². The highest BCUT2D eigenvalue weighted by Crippen LogP contribution is 2.19. The van der Waals surface area contributed by atoms with E-state index in [4.69, 9.17) is 10.3 Å². The fourth-order valence-electron chi connectivity index (χ4n) is 3.73. The van der Waals surface area contributed by atoms with Crippen LogP contribution in [-0.4, -0.2) is 62.7 Å². The number of pyridine rings is 1. The summed E-state index contributed by atoms with van der Waals surface area (Å²) in [6.07, 6.45) is 5.07. The molecule has 0 unspecified atom stereocenters. The number of benzene rings is 1. The molecule has 11 nitrogen and oxygen atoms in total. The second-order valence-corrected chi connectivity index (χ2v) is 8.64. The zero-order chi connectivity index (χ0) is 26.8. The number of nitrogens with zero attached hydrogens (tertiary/aromatic N) is 2. The number of amides is 2. The largest absolute Gasteiger partial charge is 0.461 e. The Morgan fingerprint density at radius 1 is 1.08 bits per heavy atom. The van der Waals surface area contributed by atoms with Crippen LogP contribution in [0.4, 0.5) is 0 Å². The van der Waals surface area contributed by atoms with E-state index < -0.39 is 41.8 Å². The van der Waals surface area contributed by atoms with Crippen LogP contribution in [0.2, 0.25) is 0 Å². The molecule has 2 atom stereocenters. The first-order valence-electron chi connectivity index (χ1n) is 11.8. The van der Waals surface area contributed by atoms with Gasteiger partial charge in [0.15, 0.2) is 0 Å². The van der Waals surface area contributed by atoms with Crippen LogP contribution in [0.5, 0.6) is 0 Å². The lowest BCUT2D eigenvalue weighted by Crippen LogP contribution is -2.53. The predicted octanol–water partition coefficient (Wildman–Crippen LogP) is 2.00. The predicted molar refractivity (Wildman–Crippen MR) is 134 cm³/mol. The van der Waals surface area contributed by atoms with Crippen LogP contribution in [0.25, 0.3) is 10.9 Å². The molecule has 2 heterocycles. The molecule has 4 N–H and O–H groups in total. The third-order valence-electron chi connectivity index (χ3n) is 5.50. The van der Waals surface area contributed by atoms with E-state index in [-0.39, 0.29) is 19.3 Å². The minimum Gasteiger partial charge on any atom is -0.461 e. The molecule has 3 rings (SSSR count). The van der Waals surface area contributed by atoms with Gasteiger partial charge in [-0.25, -0.2) is 4.79 Å². The number of ketones is 1. The zero-order valence-electron chi connectivity index (χ0n) is 20.6. The van der Waals surface area contributed by atoms with Gasteiger partial charge in [-0.2, -0.15) is 0 Å². The molecular weight excluding hydrogens is 476 g/mol. The van der Waals surface area contributed by atoms with Crippen molar-refractivity contribution in [3.63, 3.8) is 0 Å². The molecule has 0 aliphatic heterocycles. The Balaban J connectivity index is 1.85. The number of carbonyl (C=O) groups is 4. The van der Waals surface area contributed by atoms with Gasteiger partial charge in [-0.1, -0.05) is 18.2 Å². The average Bonchev–Trinajstić information content (AvgIpc) is 3.29. The van der Waals surface area contributed by atoms with Crippen molar-refractivity contribution in [2.24, 2.45) is 0 Å². The van der Waals surface area contributed by atoms with Crippen molar-refractivity contribution in [3.8, 4) is 0 Å². The summed E-state index contributed by atoms with van der Waals surface area (Å²) in [7, 11) is 0. The molecule has 11 heteroatoms. The normalized spacial score (nSPS) is 12.3. The van der Waals surface area contributed by atoms with Crippen LogP contribution in [0.1, 0.15) is 42.6 Å². The molecule has 3 aromatic rings. The molecule has 0 saturated heterocycles.